The standard InChI is InChI=1S/C18H30N4O.HI/c1-6-14(4)21-18(19-5)20-13-15-9-11-16(12-10-15)17(23)22(7-2)8-3;/h9-12,14H,6-8,13H2,1-5H3,(H2,19,20,21);1H. The summed E-state index contributed by atoms with van der Waals surface area (Å²) in [7, 11) is 1.77. The summed E-state index contributed by atoms with van der Waals surface area (Å²) in [5, 5.41) is 6.61. The highest BCUT2D eigenvalue weighted by Gasteiger charge is 2.11. The molecule has 2 N–H and O–H groups in total. The Morgan fingerprint density at radius 3 is 2.21 bits per heavy atom. The number of rotatable bonds is 7. The summed E-state index contributed by atoms with van der Waals surface area (Å²) in [5.41, 5.74) is 1.85. The number of nitrogens with zero attached hydrogens (tertiary/aromatic N) is 2. The molecule has 5 nitrogen and oxygen atoms in total. The molecule has 0 radical (unpaired) electrons. The third-order valence-electron chi connectivity index (χ3n) is 3.93. The third-order valence-corrected chi connectivity index (χ3v) is 3.93. The maximum absolute atomic E-state index is 12.3. The maximum atomic E-state index is 12.3. The van der Waals surface area contributed by atoms with Crippen LogP contribution < -0.4 is 10.6 Å². The van der Waals surface area contributed by atoms with Crippen molar-refractivity contribution in [2.24, 2.45) is 4.99 Å². The maximum Gasteiger partial charge on any atom is 0.253 e. The van der Waals surface area contributed by atoms with Crippen LogP contribution in [0.5, 0.6) is 0 Å². The van der Waals surface area contributed by atoms with Crippen LogP contribution in [0.1, 0.15) is 50.0 Å². The van der Waals surface area contributed by atoms with Crippen LogP contribution in [0.2, 0.25) is 0 Å². The number of halogens is 1. The first-order chi connectivity index (χ1) is 11.0. The lowest BCUT2D eigenvalue weighted by Crippen LogP contribution is -2.41. The molecule has 1 atom stereocenters. The van der Waals surface area contributed by atoms with Gasteiger partial charge in [-0.3, -0.25) is 9.79 Å². The Balaban J connectivity index is 0.00000529. The number of hydrogen-bond acceptors (Lipinski definition) is 2. The Labute approximate surface area is 163 Å². The second-order valence-electron chi connectivity index (χ2n) is 5.55. The summed E-state index contributed by atoms with van der Waals surface area (Å²) in [6, 6.07) is 8.14. The van der Waals surface area contributed by atoms with E-state index in [0.717, 1.165) is 36.6 Å². The third kappa shape index (κ3) is 7.07. The van der Waals surface area contributed by atoms with Crippen molar-refractivity contribution in [2.45, 2.75) is 46.7 Å². The molecular weight excluding hydrogens is 415 g/mol. The number of aliphatic imine (C=N–C) groups is 1. The summed E-state index contributed by atoms with van der Waals surface area (Å²) in [4.78, 5) is 18.3. The van der Waals surface area contributed by atoms with Gasteiger partial charge in [-0.2, -0.15) is 0 Å². The van der Waals surface area contributed by atoms with Gasteiger partial charge in [0.25, 0.3) is 5.91 Å². The van der Waals surface area contributed by atoms with Gasteiger partial charge in [0.1, 0.15) is 0 Å². The molecule has 0 heterocycles. The summed E-state index contributed by atoms with van der Waals surface area (Å²) in [5.74, 6) is 0.881. The lowest BCUT2D eigenvalue weighted by atomic mass is 10.1. The Morgan fingerprint density at radius 1 is 1.17 bits per heavy atom. The molecule has 0 fully saturated rings. The van der Waals surface area contributed by atoms with E-state index in [1.165, 1.54) is 0 Å². The number of nitrogens with one attached hydrogen (secondary N) is 2. The summed E-state index contributed by atoms with van der Waals surface area (Å²) < 4.78 is 0. The highest BCUT2D eigenvalue weighted by atomic mass is 127. The van der Waals surface area contributed by atoms with Gasteiger partial charge >= 0.3 is 0 Å². The normalized spacial score (nSPS) is 12.1. The first kappa shape index (κ1) is 22.7. The minimum atomic E-state index is 0. The fraction of sp³-hybridized carbons (Fsp3) is 0.556. The largest absolute Gasteiger partial charge is 0.354 e. The number of amides is 1. The van der Waals surface area contributed by atoms with Crippen LogP contribution in [0.25, 0.3) is 0 Å². The molecule has 0 aromatic heterocycles. The van der Waals surface area contributed by atoms with Gasteiger partial charge in [0.15, 0.2) is 5.96 Å². The SMILES string of the molecule is CCC(C)NC(=NC)NCc1ccc(C(=O)N(CC)CC)cc1.I. The van der Waals surface area contributed by atoms with Gasteiger partial charge in [-0.1, -0.05) is 19.1 Å². The molecule has 0 aliphatic heterocycles. The Bertz CT molecular complexity index is 512. The van der Waals surface area contributed by atoms with Gasteiger partial charge in [-0.05, 0) is 44.9 Å². The van der Waals surface area contributed by atoms with E-state index < -0.39 is 0 Å². The van der Waals surface area contributed by atoms with Crippen molar-refractivity contribution in [3.05, 3.63) is 35.4 Å². The predicted molar refractivity (Wildman–Crippen MR) is 112 cm³/mol. The lowest BCUT2D eigenvalue weighted by molar-refractivity contribution is 0.0773. The molecule has 136 valence electrons. The topological polar surface area (TPSA) is 56.7 Å². The molecule has 0 spiro atoms. The van der Waals surface area contributed by atoms with E-state index in [4.69, 9.17) is 0 Å². The van der Waals surface area contributed by atoms with E-state index in [9.17, 15) is 4.79 Å². The van der Waals surface area contributed by atoms with Gasteiger partial charge in [0.2, 0.25) is 0 Å². The summed E-state index contributed by atoms with van der Waals surface area (Å²) in [6.45, 7) is 10.4. The average molecular weight is 446 g/mol. The zero-order chi connectivity index (χ0) is 17.2. The summed E-state index contributed by atoms with van der Waals surface area (Å²) >= 11 is 0. The molecule has 0 aliphatic rings. The van der Waals surface area contributed by atoms with Crippen LogP contribution in [0, 0.1) is 0 Å². The number of carbonyl (C=O) groups is 1. The van der Waals surface area contributed by atoms with Crippen LogP contribution >= 0.6 is 24.0 Å². The van der Waals surface area contributed by atoms with Crippen molar-refractivity contribution in [1.29, 1.82) is 0 Å². The van der Waals surface area contributed by atoms with E-state index in [1.807, 2.05) is 43.0 Å². The smallest absolute Gasteiger partial charge is 0.253 e. The molecule has 1 amide bonds. The van der Waals surface area contributed by atoms with Crippen LogP contribution in [-0.2, 0) is 6.54 Å². The molecule has 1 unspecified atom stereocenters. The van der Waals surface area contributed by atoms with Crippen LogP contribution in [-0.4, -0.2) is 42.9 Å². The van der Waals surface area contributed by atoms with E-state index in [0.29, 0.717) is 12.6 Å². The number of benzene rings is 1. The first-order valence-corrected chi connectivity index (χ1v) is 8.41. The van der Waals surface area contributed by atoms with Gasteiger partial charge in [0.05, 0.1) is 0 Å². The Kier molecular flexibility index (Phi) is 11.4. The zero-order valence-electron chi connectivity index (χ0n) is 15.4. The van der Waals surface area contributed by atoms with Crippen molar-refractivity contribution in [3.8, 4) is 0 Å². The van der Waals surface area contributed by atoms with E-state index in [1.54, 1.807) is 7.05 Å². The van der Waals surface area contributed by atoms with E-state index in [2.05, 4.69) is 29.5 Å². The second-order valence-corrected chi connectivity index (χ2v) is 5.55. The average Bonchev–Trinajstić information content (AvgIpc) is 2.59. The van der Waals surface area contributed by atoms with E-state index in [-0.39, 0.29) is 29.9 Å². The molecule has 0 aliphatic carbocycles. The molecule has 0 saturated carbocycles. The molecule has 6 heteroatoms. The Hall–Kier alpha value is -1.31. The fourth-order valence-corrected chi connectivity index (χ4v) is 2.17. The number of hydrogen-bond donors (Lipinski definition) is 2. The minimum absolute atomic E-state index is 0. The quantitative estimate of drug-likeness (QED) is 0.384. The van der Waals surface area contributed by atoms with Crippen molar-refractivity contribution in [1.82, 2.24) is 15.5 Å². The number of carbonyl (C=O) groups excluding carboxylic acids is 1. The molecule has 0 saturated heterocycles. The minimum Gasteiger partial charge on any atom is -0.354 e. The monoisotopic (exact) mass is 446 g/mol. The van der Waals surface area contributed by atoms with Gasteiger partial charge in [-0.25, -0.2) is 0 Å². The van der Waals surface area contributed by atoms with Crippen molar-refractivity contribution < 1.29 is 4.79 Å². The van der Waals surface area contributed by atoms with Crippen molar-refractivity contribution >= 4 is 35.8 Å². The van der Waals surface area contributed by atoms with Crippen molar-refractivity contribution in [3.63, 3.8) is 0 Å². The van der Waals surface area contributed by atoms with Gasteiger partial charge in [0, 0.05) is 38.3 Å². The number of guanidine groups is 1. The highest BCUT2D eigenvalue weighted by Crippen LogP contribution is 2.08. The lowest BCUT2D eigenvalue weighted by Gasteiger charge is -2.19. The first-order valence-electron chi connectivity index (χ1n) is 8.41. The van der Waals surface area contributed by atoms with Gasteiger partial charge < -0.3 is 15.5 Å². The highest BCUT2D eigenvalue weighted by molar-refractivity contribution is 14.0. The van der Waals surface area contributed by atoms with Gasteiger partial charge in [-0.15, -0.1) is 24.0 Å². The molecule has 24 heavy (non-hydrogen) atoms. The predicted octanol–water partition coefficient (Wildman–Crippen LogP) is 3.25. The van der Waals surface area contributed by atoms with Crippen LogP contribution in [0.4, 0.5) is 0 Å². The molecule has 1 aromatic carbocycles. The zero-order valence-corrected chi connectivity index (χ0v) is 17.8. The fourth-order valence-electron chi connectivity index (χ4n) is 2.17. The molecule has 1 aromatic rings. The Morgan fingerprint density at radius 2 is 1.75 bits per heavy atom. The van der Waals surface area contributed by atoms with Crippen LogP contribution in [0.3, 0.4) is 0 Å². The molecule has 1 rings (SSSR count). The van der Waals surface area contributed by atoms with Crippen LogP contribution in [0.15, 0.2) is 29.3 Å². The second kappa shape index (κ2) is 12.1. The molecule has 0 bridgehead atoms. The summed E-state index contributed by atoms with van der Waals surface area (Å²) in [6.07, 6.45) is 1.04. The van der Waals surface area contributed by atoms with E-state index >= 15 is 0 Å². The van der Waals surface area contributed by atoms with Crippen molar-refractivity contribution in [2.75, 3.05) is 20.1 Å². The molecular formula is C18H31IN4O.